The maximum atomic E-state index is 5.32. The Morgan fingerprint density at radius 3 is 1.88 bits per heavy atom. The predicted octanol–water partition coefficient (Wildman–Crippen LogP) is 1.31. The lowest BCUT2D eigenvalue weighted by Gasteiger charge is -2.22. The highest BCUT2D eigenvalue weighted by atomic mass is 15.1. The van der Waals surface area contributed by atoms with Crippen molar-refractivity contribution in [3.8, 4) is 0 Å². The van der Waals surface area contributed by atoms with E-state index in [1.165, 1.54) is 58.0 Å². The summed E-state index contributed by atoms with van der Waals surface area (Å²) in [5.74, 6) is 0.209. The minimum absolute atomic E-state index is 0.209. The smallest absolute Gasteiger partial charge is 0.185 e. The number of hydrogen-bond donors (Lipinski definition) is 2. The molecule has 0 aromatic heterocycles. The van der Waals surface area contributed by atoms with E-state index in [9.17, 15) is 0 Å². The zero-order chi connectivity index (χ0) is 11.6. The van der Waals surface area contributed by atoms with Crippen LogP contribution in [0.2, 0.25) is 0 Å². The van der Waals surface area contributed by atoms with Crippen LogP contribution in [0.15, 0.2) is 4.99 Å². The van der Waals surface area contributed by atoms with Crippen LogP contribution in [0.25, 0.3) is 0 Å². The monoisotopic (exact) mass is 226 g/mol. The molecule has 0 unspecified atom stereocenters. The summed E-state index contributed by atoms with van der Waals surface area (Å²) in [5.41, 5.74) is 10.6. The molecule has 0 atom stereocenters. The first kappa shape index (κ1) is 13.3. The lowest BCUT2D eigenvalue weighted by Crippen LogP contribution is -2.30. The van der Waals surface area contributed by atoms with Gasteiger partial charge in [-0.25, -0.2) is 0 Å². The second-order valence-electron chi connectivity index (χ2n) is 4.62. The van der Waals surface area contributed by atoms with Crippen molar-refractivity contribution in [1.82, 2.24) is 4.90 Å². The minimum atomic E-state index is 0.209. The summed E-state index contributed by atoms with van der Waals surface area (Å²) in [6.45, 7) is 4.15. The average Bonchev–Trinajstić information content (AvgIpc) is 2.26. The highest BCUT2D eigenvalue weighted by molar-refractivity contribution is 5.75. The molecule has 1 aliphatic rings. The van der Waals surface area contributed by atoms with Gasteiger partial charge >= 0.3 is 0 Å². The van der Waals surface area contributed by atoms with Crippen LogP contribution in [0.5, 0.6) is 0 Å². The third kappa shape index (κ3) is 6.67. The van der Waals surface area contributed by atoms with E-state index < -0.39 is 0 Å². The van der Waals surface area contributed by atoms with Gasteiger partial charge in [0, 0.05) is 6.54 Å². The molecule has 0 spiro atoms. The van der Waals surface area contributed by atoms with E-state index in [0.29, 0.717) is 0 Å². The first-order valence-electron chi connectivity index (χ1n) is 6.57. The quantitative estimate of drug-likeness (QED) is 0.563. The molecule has 4 N–H and O–H groups in total. The Labute approximate surface area is 99.1 Å². The van der Waals surface area contributed by atoms with E-state index in [1.54, 1.807) is 0 Å². The number of rotatable bonds is 3. The maximum Gasteiger partial charge on any atom is 0.185 e. The van der Waals surface area contributed by atoms with Gasteiger partial charge in [-0.15, -0.1) is 0 Å². The van der Waals surface area contributed by atoms with Gasteiger partial charge in [-0.2, -0.15) is 0 Å². The molecular formula is C12H26N4. The molecule has 4 heteroatoms. The molecule has 1 heterocycles. The van der Waals surface area contributed by atoms with Crippen molar-refractivity contribution in [2.24, 2.45) is 16.5 Å². The molecule has 94 valence electrons. The third-order valence-electron chi connectivity index (χ3n) is 3.16. The Bertz CT molecular complexity index is 189. The molecule has 1 fully saturated rings. The van der Waals surface area contributed by atoms with Crippen LogP contribution in [0.4, 0.5) is 0 Å². The van der Waals surface area contributed by atoms with E-state index in [-0.39, 0.29) is 5.96 Å². The van der Waals surface area contributed by atoms with E-state index in [1.807, 2.05) is 0 Å². The van der Waals surface area contributed by atoms with Crippen LogP contribution < -0.4 is 11.5 Å². The fourth-order valence-corrected chi connectivity index (χ4v) is 2.21. The summed E-state index contributed by atoms with van der Waals surface area (Å²) in [7, 11) is 0. The largest absolute Gasteiger partial charge is 0.370 e. The van der Waals surface area contributed by atoms with Gasteiger partial charge in [-0.3, -0.25) is 4.99 Å². The number of nitrogens with two attached hydrogens (primary N) is 2. The standard InChI is InChI=1S/C12H26N4/c13-12(14)15-8-11-16-9-6-4-2-1-3-5-7-10-16/h1-11H2,(H4,13,14,15). The van der Waals surface area contributed by atoms with Gasteiger partial charge < -0.3 is 16.4 Å². The van der Waals surface area contributed by atoms with Gasteiger partial charge in [0.05, 0.1) is 6.54 Å². The SMILES string of the molecule is NC(N)=NCCN1CCCCCCCCC1. The van der Waals surface area contributed by atoms with E-state index >= 15 is 0 Å². The topological polar surface area (TPSA) is 67.6 Å². The Morgan fingerprint density at radius 2 is 1.38 bits per heavy atom. The zero-order valence-electron chi connectivity index (χ0n) is 10.3. The van der Waals surface area contributed by atoms with Crippen LogP contribution in [0.1, 0.15) is 44.9 Å². The van der Waals surface area contributed by atoms with Gasteiger partial charge in [0.25, 0.3) is 0 Å². The van der Waals surface area contributed by atoms with Gasteiger partial charge in [0.1, 0.15) is 0 Å². The van der Waals surface area contributed by atoms with Crippen molar-refractivity contribution >= 4 is 5.96 Å². The minimum Gasteiger partial charge on any atom is -0.370 e. The molecule has 0 aliphatic carbocycles. The summed E-state index contributed by atoms with van der Waals surface area (Å²) in [6, 6.07) is 0. The van der Waals surface area contributed by atoms with Gasteiger partial charge in [0.2, 0.25) is 0 Å². The molecule has 0 saturated carbocycles. The normalized spacial score (nSPS) is 20.2. The Kier molecular flexibility index (Phi) is 6.97. The fourth-order valence-electron chi connectivity index (χ4n) is 2.21. The van der Waals surface area contributed by atoms with E-state index in [2.05, 4.69) is 9.89 Å². The van der Waals surface area contributed by atoms with Gasteiger partial charge in [-0.1, -0.05) is 32.1 Å². The fraction of sp³-hybridized carbons (Fsp3) is 0.917. The van der Waals surface area contributed by atoms with Crippen molar-refractivity contribution in [1.29, 1.82) is 0 Å². The summed E-state index contributed by atoms with van der Waals surface area (Å²) >= 11 is 0. The second kappa shape index (κ2) is 8.39. The van der Waals surface area contributed by atoms with Crippen LogP contribution in [0, 0.1) is 0 Å². The first-order valence-corrected chi connectivity index (χ1v) is 6.57. The summed E-state index contributed by atoms with van der Waals surface area (Å²) in [6.07, 6.45) is 9.62. The number of aliphatic imine (C=N–C) groups is 1. The molecule has 1 aliphatic heterocycles. The van der Waals surface area contributed by atoms with Gasteiger partial charge in [-0.05, 0) is 25.9 Å². The first-order chi connectivity index (χ1) is 7.79. The number of hydrogen-bond acceptors (Lipinski definition) is 2. The Morgan fingerprint density at radius 1 is 0.875 bits per heavy atom. The molecule has 1 rings (SSSR count). The highest BCUT2D eigenvalue weighted by Gasteiger charge is 2.05. The lowest BCUT2D eigenvalue weighted by molar-refractivity contribution is 0.262. The molecule has 0 bridgehead atoms. The van der Waals surface area contributed by atoms with Crippen molar-refractivity contribution in [2.45, 2.75) is 44.9 Å². The van der Waals surface area contributed by atoms with Crippen molar-refractivity contribution in [3.05, 3.63) is 0 Å². The number of nitrogens with zero attached hydrogens (tertiary/aromatic N) is 2. The van der Waals surface area contributed by atoms with Crippen molar-refractivity contribution in [3.63, 3.8) is 0 Å². The molecule has 4 nitrogen and oxygen atoms in total. The molecule has 1 saturated heterocycles. The second-order valence-corrected chi connectivity index (χ2v) is 4.62. The molecule has 0 aromatic rings. The Balaban J connectivity index is 2.22. The lowest BCUT2D eigenvalue weighted by atomic mass is 10.1. The summed E-state index contributed by atoms with van der Waals surface area (Å²) in [5, 5.41) is 0. The summed E-state index contributed by atoms with van der Waals surface area (Å²) in [4.78, 5) is 6.54. The molecule has 16 heavy (non-hydrogen) atoms. The third-order valence-corrected chi connectivity index (χ3v) is 3.16. The predicted molar refractivity (Wildman–Crippen MR) is 69.4 cm³/mol. The summed E-state index contributed by atoms with van der Waals surface area (Å²) < 4.78 is 0. The molecule has 0 radical (unpaired) electrons. The molecular weight excluding hydrogens is 200 g/mol. The molecule has 0 aromatic carbocycles. The van der Waals surface area contributed by atoms with Crippen molar-refractivity contribution in [2.75, 3.05) is 26.2 Å². The van der Waals surface area contributed by atoms with Crippen LogP contribution in [-0.2, 0) is 0 Å². The zero-order valence-corrected chi connectivity index (χ0v) is 10.3. The van der Waals surface area contributed by atoms with Crippen LogP contribution >= 0.6 is 0 Å². The van der Waals surface area contributed by atoms with Gasteiger partial charge in [0.15, 0.2) is 5.96 Å². The Hall–Kier alpha value is -0.770. The van der Waals surface area contributed by atoms with E-state index in [4.69, 9.17) is 11.5 Å². The van der Waals surface area contributed by atoms with E-state index in [0.717, 1.165) is 13.1 Å². The maximum absolute atomic E-state index is 5.32. The highest BCUT2D eigenvalue weighted by Crippen LogP contribution is 2.11. The average molecular weight is 226 g/mol. The number of guanidine groups is 1. The van der Waals surface area contributed by atoms with Crippen LogP contribution in [-0.4, -0.2) is 37.0 Å². The van der Waals surface area contributed by atoms with Crippen LogP contribution in [0.3, 0.4) is 0 Å². The van der Waals surface area contributed by atoms with Crippen molar-refractivity contribution < 1.29 is 0 Å². The molecule has 0 amide bonds.